The van der Waals surface area contributed by atoms with E-state index in [1.165, 1.54) is 24.4 Å². The number of fused-ring (bicyclic) bond motifs is 1. The molecule has 5 aromatic rings. The zero-order valence-electron chi connectivity index (χ0n) is 28.0. The number of rotatable bonds is 10. The Labute approximate surface area is 292 Å². The number of hydrogen-bond acceptors (Lipinski definition) is 12. The maximum Gasteiger partial charge on any atom is 0.490 e. The van der Waals surface area contributed by atoms with Crippen LogP contribution in [0.15, 0.2) is 48.8 Å². The summed E-state index contributed by atoms with van der Waals surface area (Å²) in [5.74, 6) is -3.48. The van der Waals surface area contributed by atoms with Crippen LogP contribution in [0.4, 0.5) is 19.1 Å². The molecule has 0 aliphatic carbocycles. The van der Waals surface area contributed by atoms with Crippen molar-refractivity contribution in [1.82, 2.24) is 55.5 Å². The van der Waals surface area contributed by atoms with E-state index >= 15 is 0 Å². The number of alkyl halides is 3. The number of carbonyl (C=O) groups is 4. The molecule has 0 radical (unpaired) electrons. The van der Waals surface area contributed by atoms with Gasteiger partial charge in [0, 0.05) is 45.5 Å². The van der Waals surface area contributed by atoms with Crippen molar-refractivity contribution >= 4 is 40.4 Å². The number of aromatic nitrogens is 8. The minimum atomic E-state index is -5.08. The van der Waals surface area contributed by atoms with Crippen molar-refractivity contribution in [3.05, 3.63) is 60.0 Å². The molecule has 4 aromatic heterocycles. The van der Waals surface area contributed by atoms with Crippen molar-refractivity contribution in [2.75, 3.05) is 65.4 Å². The Morgan fingerprint density at radius 2 is 1.77 bits per heavy atom. The second kappa shape index (κ2) is 15.7. The number of piperazine rings is 1. The highest BCUT2D eigenvalue weighted by Crippen LogP contribution is 2.34. The Morgan fingerprint density at radius 1 is 1.08 bits per heavy atom. The van der Waals surface area contributed by atoms with Gasteiger partial charge in [-0.15, -0.1) is 0 Å². The first-order valence-corrected chi connectivity index (χ1v) is 15.5. The summed E-state index contributed by atoms with van der Waals surface area (Å²) in [7, 11) is 5.31. The predicted octanol–water partition coefficient (Wildman–Crippen LogP) is 1.39. The third-order valence-electron chi connectivity index (χ3n) is 7.79. The number of pyridine rings is 1. The van der Waals surface area contributed by atoms with Crippen molar-refractivity contribution in [2.24, 2.45) is 0 Å². The summed E-state index contributed by atoms with van der Waals surface area (Å²) < 4.78 is 38.9. The molecule has 2 amide bonds. The molecule has 5 heterocycles. The molecular formula is C31H33F3N12O6. The van der Waals surface area contributed by atoms with Gasteiger partial charge in [0.2, 0.25) is 5.95 Å². The lowest BCUT2D eigenvalue weighted by molar-refractivity contribution is -0.192. The topological polar surface area (TPSA) is 220 Å². The van der Waals surface area contributed by atoms with Crippen LogP contribution in [0.1, 0.15) is 20.8 Å². The lowest BCUT2D eigenvalue weighted by Gasteiger charge is -2.34. The average molecular weight is 727 g/mol. The van der Waals surface area contributed by atoms with E-state index in [0.717, 1.165) is 5.69 Å². The number of tetrazole rings is 1. The first-order valence-electron chi connectivity index (χ1n) is 15.5. The molecule has 6 rings (SSSR count). The number of halogens is 3. The van der Waals surface area contributed by atoms with Crippen LogP contribution in [0, 0.1) is 0 Å². The summed E-state index contributed by atoms with van der Waals surface area (Å²) >= 11 is 0. The summed E-state index contributed by atoms with van der Waals surface area (Å²) in [6, 6.07) is 11.1. The summed E-state index contributed by atoms with van der Waals surface area (Å²) in [5.41, 5.74) is 2.48. The van der Waals surface area contributed by atoms with E-state index in [0.29, 0.717) is 73.3 Å². The highest BCUT2D eigenvalue weighted by molar-refractivity contribution is 6.45. The van der Waals surface area contributed by atoms with Crippen LogP contribution in [0.5, 0.6) is 5.75 Å². The number of aromatic amines is 2. The van der Waals surface area contributed by atoms with Crippen LogP contribution in [-0.2, 0) is 9.59 Å². The number of Topliss-reactive ketones (excluding diaryl/α,β-unsaturated/α-hetero) is 1. The zero-order valence-corrected chi connectivity index (χ0v) is 28.0. The maximum atomic E-state index is 13.6. The van der Waals surface area contributed by atoms with Gasteiger partial charge >= 0.3 is 12.1 Å². The summed E-state index contributed by atoms with van der Waals surface area (Å²) in [6.07, 6.45) is -2.14. The number of hydrogen-bond donors (Lipinski definition) is 4. The number of nitrogens with one attached hydrogen (secondary N) is 3. The summed E-state index contributed by atoms with van der Waals surface area (Å²) in [6.45, 7) is 2.68. The lowest BCUT2D eigenvalue weighted by atomic mass is 10.1. The number of amides is 2. The van der Waals surface area contributed by atoms with Crippen LogP contribution < -0.4 is 15.0 Å². The number of carbonyl (C=O) groups excluding carboxylic acids is 3. The van der Waals surface area contributed by atoms with E-state index in [9.17, 15) is 27.6 Å². The molecule has 0 spiro atoms. The average Bonchev–Trinajstić information content (AvgIpc) is 3.92. The first-order chi connectivity index (χ1) is 24.8. The fraction of sp³-hybridized carbons (Fsp3) is 0.323. The van der Waals surface area contributed by atoms with Gasteiger partial charge in [-0.05, 0) is 42.7 Å². The fourth-order valence-electron chi connectivity index (χ4n) is 5.18. The number of benzene rings is 1. The van der Waals surface area contributed by atoms with Crippen LogP contribution in [0.25, 0.3) is 28.0 Å². The molecule has 18 nitrogen and oxygen atoms in total. The van der Waals surface area contributed by atoms with Gasteiger partial charge in [-0.3, -0.25) is 19.5 Å². The normalized spacial score (nSPS) is 13.1. The molecule has 4 N–H and O–H groups in total. The van der Waals surface area contributed by atoms with Gasteiger partial charge in [-0.25, -0.2) is 9.78 Å². The lowest BCUT2D eigenvalue weighted by Crippen LogP contribution is -2.51. The van der Waals surface area contributed by atoms with Gasteiger partial charge in [0.1, 0.15) is 22.8 Å². The fourth-order valence-corrected chi connectivity index (χ4v) is 5.18. The third-order valence-corrected chi connectivity index (χ3v) is 7.79. The van der Waals surface area contributed by atoms with Gasteiger partial charge in [0.25, 0.3) is 17.6 Å². The van der Waals surface area contributed by atoms with E-state index in [1.54, 1.807) is 10.7 Å². The molecule has 0 bridgehead atoms. The number of methoxy groups -OCH3 is 1. The molecule has 52 heavy (non-hydrogen) atoms. The number of para-hydroxylation sites is 1. The van der Waals surface area contributed by atoms with Gasteiger partial charge < -0.3 is 34.8 Å². The Morgan fingerprint density at radius 3 is 2.40 bits per heavy atom. The van der Waals surface area contributed by atoms with Crippen molar-refractivity contribution in [3.8, 4) is 22.8 Å². The first kappa shape index (κ1) is 36.9. The zero-order chi connectivity index (χ0) is 37.6. The number of aliphatic carboxylic acids is 1. The molecule has 1 saturated heterocycles. The van der Waals surface area contributed by atoms with Gasteiger partial charge in [0.15, 0.2) is 0 Å². The minimum absolute atomic E-state index is 0.156. The number of nitrogens with zero attached hydrogens (tertiary/aromatic N) is 9. The van der Waals surface area contributed by atoms with E-state index in [4.69, 9.17) is 14.6 Å². The molecule has 0 atom stereocenters. The number of likely N-dealkylation sites (N-methyl/N-ethyl adjacent to an activating group) is 1. The van der Waals surface area contributed by atoms with E-state index in [1.807, 2.05) is 54.2 Å². The number of carboxylic acid groups (broad SMARTS) is 1. The van der Waals surface area contributed by atoms with Crippen LogP contribution in [0.3, 0.4) is 0 Å². The predicted molar refractivity (Wildman–Crippen MR) is 177 cm³/mol. The van der Waals surface area contributed by atoms with E-state index < -0.39 is 23.8 Å². The quantitative estimate of drug-likeness (QED) is 0.118. The Hall–Kier alpha value is -6.38. The third kappa shape index (κ3) is 8.15. The van der Waals surface area contributed by atoms with Gasteiger partial charge in [-0.2, -0.15) is 23.0 Å². The highest BCUT2D eigenvalue weighted by atomic mass is 19.4. The molecule has 1 aliphatic rings. The largest absolute Gasteiger partial charge is 0.494 e. The van der Waals surface area contributed by atoms with Gasteiger partial charge in [-0.1, -0.05) is 23.3 Å². The number of ether oxygens (including phenoxy) is 1. The summed E-state index contributed by atoms with van der Waals surface area (Å²) in [5, 5.41) is 29.5. The summed E-state index contributed by atoms with van der Waals surface area (Å²) in [4.78, 5) is 61.5. The number of H-pyrrole nitrogens is 2. The Bertz CT molecular complexity index is 2050. The molecule has 1 aromatic carbocycles. The maximum absolute atomic E-state index is 13.6. The molecule has 0 unspecified atom stereocenters. The molecule has 1 fully saturated rings. The molecule has 1 aliphatic heterocycles. The minimum Gasteiger partial charge on any atom is -0.494 e. The smallest absolute Gasteiger partial charge is 0.490 e. The van der Waals surface area contributed by atoms with Crippen molar-refractivity contribution in [3.63, 3.8) is 0 Å². The Kier molecular flexibility index (Phi) is 11.1. The second-order valence-electron chi connectivity index (χ2n) is 11.5. The van der Waals surface area contributed by atoms with Crippen molar-refractivity contribution < 1.29 is 42.2 Å². The second-order valence-corrected chi connectivity index (χ2v) is 11.5. The number of anilines is 1. The SMILES string of the molecule is COc1cnc(-c2cc(C(=O)NCCN(C)C)[nH]n2)c2[nH]cc(C(=O)C(=O)N3CCN(c4nnnn4-c4ccccc4)CC3)c12.O=C(O)C(F)(F)F. The number of carboxylic acids is 1. The van der Waals surface area contributed by atoms with Gasteiger partial charge in [0.05, 0.1) is 35.5 Å². The van der Waals surface area contributed by atoms with Crippen molar-refractivity contribution in [2.45, 2.75) is 6.18 Å². The van der Waals surface area contributed by atoms with Crippen LogP contribution in [0.2, 0.25) is 0 Å². The van der Waals surface area contributed by atoms with Crippen molar-refractivity contribution in [1.29, 1.82) is 0 Å². The highest BCUT2D eigenvalue weighted by Gasteiger charge is 2.38. The monoisotopic (exact) mass is 726 g/mol. The number of ketones is 1. The van der Waals surface area contributed by atoms with Crippen LogP contribution in [-0.4, -0.2) is 145 Å². The molecule has 21 heteroatoms. The standard InChI is InChI=1S/C29H32N12O4.C2HF3O2/c1-38(2)10-9-30-27(43)21-15-20(33-34-21)24-25-23(22(45-3)17-32-24)19(16-31-25)26(42)28(44)39-11-13-40(14-12-39)29-35-36-37-41(29)18-7-5-4-6-8-18;3-2(4,5)1(6)7/h4-8,15-17,31H,9-14H2,1-3H3,(H,30,43)(H,33,34);(H,6,7). The van der Waals surface area contributed by atoms with Crippen LogP contribution >= 0.6 is 0 Å². The van der Waals surface area contributed by atoms with E-state index in [2.05, 4.69) is 41.0 Å². The Balaban J connectivity index is 0.000000679. The molecular weight excluding hydrogens is 693 g/mol. The molecule has 274 valence electrons. The van der Waals surface area contributed by atoms with E-state index in [-0.39, 0.29) is 17.2 Å². The molecule has 0 saturated carbocycles.